The molecule has 5 rings (SSSR count). The molecule has 2 saturated heterocycles. The van der Waals surface area contributed by atoms with Crippen LogP contribution in [0.4, 0.5) is 0 Å². The van der Waals surface area contributed by atoms with Crippen LogP contribution >= 0.6 is 0 Å². The third-order valence-electron chi connectivity index (χ3n) is 24.4. The van der Waals surface area contributed by atoms with Crippen LogP contribution in [0.5, 0.6) is 0 Å². The summed E-state index contributed by atoms with van der Waals surface area (Å²) in [6.45, 7) is 16.4. The Hall–Kier alpha value is -11.2. The molecule has 0 aliphatic carbocycles. The number of ketones is 7. The first-order valence-corrected chi connectivity index (χ1v) is 47.3. The van der Waals surface area contributed by atoms with E-state index in [0.717, 1.165) is 26.7 Å². The number of hydrogen-bond donors (Lipinski definition) is 23. The molecule has 41 heteroatoms. The van der Waals surface area contributed by atoms with Gasteiger partial charge in [-0.1, -0.05) is 180 Å². The van der Waals surface area contributed by atoms with E-state index >= 15 is 33.6 Å². The van der Waals surface area contributed by atoms with Gasteiger partial charge in [-0.2, -0.15) is 0 Å². The van der Waals surface area contributed by atoms with Gasteiger partial charge in [-0.3, -0.25) is 91.7 Å². The molecule has 3 aromatic rings. The van der Waals surface area contributed by atoms with Gasteiger partial charge in [0, 0.05) is 49.8 Å². The number of benzene rings is 2. The molecule has 1 aromatic heterocycles. The average Bonchev–Trinajstić information content (AvgIpc) is 1.79. The molecule has 2 aromatic carbocycles. The highest BCUT2D eigenvalue weighted by atomic mass is 16.3. The minimum absolute atomic E-state index is 0.0264. The molecule has 2 aliphatic heterocycles. The van der Waals surface area contributed by atoms with E-state index in [-0.39, 0.29) is 120 Å². The van der Waals surface area contributed by atoms with E-state index in [4.69, 9.17) is 28.3 Å². The Balaban J connectivity index is 1.71. The molecule has 15 atom stereocenters. The van der Waals surface area contributed by atoms with Crippen LogP contribution in [0.25, 0.3) is 10.9 Å². The number of aliphatic hydroxyl groups excluding tert-OH is 2. The molecule has 2 unspecified atom stereocenters. The maximum absolute atomic E-state index is 16.3. The van der Waals surface area contributed by atoms with Crippen molar-refractivity contribution < 1.29 is 96.5 Å². The van der Waals surface area contributed by atoms with Crippen molar-refractivity contribution in [2.24, 2.45) is 40.7 Å². The first-order chi connectivity index (χ1) is 63.7. The number of rotatable bonds is 32. The number of guanidine groups is 1. The maximum atomic E-state index is 16.3. The van der Waals surface area contributed by atoms with Crippen molar-refractivity contribution in [2.75, 3.05) is 13.2 Å². The number of hydrogen-bond acceptors (Lipinski definition) is 27. The molecule has 27 N–H and O–H groups in total. The van der Waals surface area contributed by atoms with Crippen molar-refractivity contribution in [1.82, 2.24) is 85.4 Å². The van der Waals surface area contributed by atoms with Crippen LogP contribution < -0.4 is 103 Å². The van der Waals surface area contributed by atoms with Crippen LogP contribution in [-0.4, -0.2) is 229 Å². The highest BCUT2D eigenvalue weighted by Crippen LogP contribution is 2.29. The standard InChI is InChI=1S/C94H149N21O20/c1-54(2)46-67-79(124)80(125)68(47-55(3)4)110-113-92(10,58(8)118)41-27-18-14-12-13-15-20-29-43-94(90(135)108-72(51-76(97)122)88(133)105-70(48-56(5)6)86(131)106-71(50-61-52-101-63-35-26-25-34-62(61)63)87(132)103-65(84(129)104-67)36-31-45-100-91(98)99)44-30-21-17-16-19-28-42-93(11,114-112-73(53-116)82(127)78(123)64(102-59(9)119)37-39-74(95)120)89(134)107-66(38-40-75(96)121)85(130)109-77(57(7)117)83(128)81(126)69(111-115-94)49-60-32-23-22-24-33-60/h22-26,32-35,52,54-57,64-73,77,101,110-117H,12-21,27-31,36-51,53H2,1-11H3,(H2,95,120)(H2,96,121)(H2,97,122)(H,102,119)(H,103,132)(H,104,129)(H,105,133)(H,106,131)(H,107,134)(H,108,135)(H,109,130)(H4,98,99,100)/t57-,64+,65?,66+,67+,68+,69+,70?,71+,72+,73+,77+,92+,93-,94-/m1/s1. The lowest BCUT2D eigenvalue weighted by Gasteiger charge is -2.37. The van der Waals surface area contributed by atoms with Crippen molar-refractivity contribution in [2.45, 2.75) is 358 Å². The Kier molecular flexibility index (Phi) is 48.2. The van der Waals surface area contributed by atoms with Gasteiger partial charge < -0.3 is 86.0 Å². The Morgan fingerprint density at radius 3 is 1.53 bits per heavy atom. The average molecular weight is 1890 g/mol. The van der Waals surface area contributed by atoms with Crippen LogP contribution in [-0.2, 0) is 99.1 Å². The number of nitrogens with one attached hydrogen (secondary N) is 17. The molecule has 1 spiro atoms. The largest absolute Gasteiger partial charge is 0.394 e. The summed E-state index contributed by atoms with van der Waals surface area (Å²) in [5.41, 5.74) is 36.8. The highest BCUT2D eigenvalue weighted by molar-refractivity contribution is 6.42. The SMILES string of the molecule is CC(=O)N[C@@H](CCC(N)=O)C(=O)C(=O)[C@H](CO)NN[C@]1(C)CCCCCCCC[C@@]2(CCCCCCCCCC[C@@](C)(C(C)=O)NN[C@@H](CC(C)C)C(=O)C(=O)[C@H](CC(C)C)NC(=O)C(CCCNC(=N)N)NC(=O)[C@H](Cc3c[nH]c4ccccc34)NC(=O)C(CC(C)C)NC(=O)[C@H](CC(N)=O)NC2=O)NN[C@@H](Cc2ccccc2)C(=O)C(=O)[C@H]([C@@H](C)O)NC(=O)[C@H](CCC(N)=O)NC1=O. The second kappa shape index (κ2) is 57.0. The molecule has 41 nitrogen and oxygen atoms in total. The number of nitrogens with two attached hydrogens (primary N) is 4. The van der Waals surface area contributed by atoms with Crippen molar-refractivity contribution >= 4 is 122 Å². The van der Waals surface area contributed by atoms with Gasteiger partial charge in [0.1, 0.15) is 53.4 Å². The van der Waals surface area contributed by atoms with Crippen LogP contribution in [0, 0.1) is 23.2 Å². The molecule has 2 fully saturated rings. The van der Waals surface area contributed by atoms with Gasteiger partial charge in [0.05, 0.1) is 48.8 Å². The van der Waals surface area contributed by atoms with Crippen LogP contribution in [0.1, 0.15) is 267 Å². The summed E-state index contributed by atoms with van der Waals surface area (Å²) < 4.78 is 0. The number of hydrazine groups is 3. The fourth-order valence-electron chi connectivity index (χ4n) is 16.4. The number of amides is 11. The van der Waals surface area contributed by atoms with Gasteiger partial charge >= 0.3 is 0 Å². The Morgan fingerprint density at radius 1 is 0.489 bits per heavy atom. The summed E-state index contributed by atoms with van der Waals surface area (Å²) in [7, 11) is 0. The van der Waals surface area contributed by atoms with E-state index in [1.807, 2.05) is 13.8 Å². The Labute approximate surface area is 789 Å². The molecule has 135 heavy (non-hydrogen) atoms. The van der Waals surface area contributed by atoms with Gasteiger partial charge in [0.25, 0.3) is 0 Å². The van der Waals surface area contributed by atoms with E-state index in [2.05, 4.69) is 85.4 Å². The van der Waals surface area contributed by atoms with E-state index < -0.39 is 227 Å². The number of para-hydroxylation sites is 1. The molecular formula is C94H149N21O20. The highest BCUT2D eigenvalue weighted by Gasteiger charge is 2.46. The number of carbonyl (C=O) groups is 18. The third-order valence-corrected chi connectivity index (χ3v) is 24.4. The Bertz CT molecular complexity index is 4550. The summed E-state index contributed by atoms with van der Waals surface area (Å²) in [6.07, 6.45) is 2.99. The van der Waals surface area contributed by atoms with Gasteiger partial charge in [-0.15, -0.1) is 0 Å². The van der Waals surface area contributed by atoms with Crippen LogP contribution in [0.3, 0.4) is 0 Å². The second-order valence-electron chi connectivity index (χ2n) is 37.7. The molecule has 750 valence electrons. The second-order valence-corrected chi connectivity index (χ2v) is 37.7. The lowest BCUT2D eigenvalue weighted by Crippen LogP contribution is -2.67. The number of aliphatic hydroxyl groups is 2. The van der Waals surface area contributed by atoms with Crippen molar-refractivity contribution in [3.05, 3.63) is 71.9 Å². The number of fused-ring (bicyclic) bond motifs is 1. The first kappa shape index (κ1) is 114. The fraction of sp³-hybridized carbons (Fsp3) is 0.649. The normalized spacial score (nSPS) is 25.4. The number of aromatic nitrogens is 1. The molecule has 0 bridgehead atoms. The number of aromatic amines is 1. The topological polar surface area (TPSA) is 672 Å². The van der Waals surface area contributed by atoms with E-state index in [1.165, 1.54) is 13.8 Å². The molecule has 0 saturated carbocycles. The van der Waals surface area contributed by atoms with Gasteiger partial charge in [0.15, 0.2) is 11.7 Å². The summed E-state index contributed by atoms with van der Waals surface area (Å²) in [5.74, 6) is -19.1. The van der Waals surface area contributed by atoms with Gasteiger partial charge in [-0.25, -0.2) is 32.6 Å². The molecule has 11 amide bonds. The quantitative estimate of drug-likeness (QED) is 0.0135. The van der Waals surface area contributed by atoms with E-state index in [0.29, 0.717) is 86.2 Å². The van der Waals surface area contributed by atoms with E-state index in [1.54, 1.807) is 95.4 Å². The molecule has 0 radical (unpaired) electrons. The van der Waals surface area contributed by atoms with Crippen LogP contribution in [0.2, 0.25) is 0 Å². The zero-order valence-corrected chi connectivity index (χ0v) is 80.1. The number of primary amides is 3. The number of H-pyrrole nitrogens is 1. The summed E-state index contributed by atoms with van der Waals surface area (Å²) in [4.78, 5) is 262. The Morgan fingerprint density at radius 2 is 0.963 bits per heavy atom. The van der Waals surface area contributed by atoms with Crippen molar-refractivity contribution in [3.63, 3.8) is 0 Å². The monoisotopic (exact) mass is 1890 g/mol. The van der Waals surface area contributed by atoms with E-state index in [9.17, 15) is 63.0 Å². The van der Waals surface area contributed by atoms with Crippen molar-refractivity contribution in [1.29, 1.82) is 5.41 Å². The summed E-state index contributed by atoms with van der Waals surface area (Å²) in [5, 5.41) is 54.5. The number of carbonyl (C=O) groups excluding carboxylic acids is 18. The minimum atomic E-state index is -2.11. The van der Waals surface area contributed by atoms with Crippen LogP contribution in [0.15, 0.2) is 60.8 Å². The summed E-state index contributed by atoms with van der Waals surface area (Å²) >= 11 is 0. The third kappa shape index (κ3) is 38.5. The van der Waals surface area contributed by atoms with Gasteiger partial charge in [-0.05, 0) is 140 Å². The fourth-order valence-corrected chi connectivity index (χ4v) is 16.4. The van der Waals surface area contributed by atoms with Crippen molar-refractivity contribution in [3.8, 4) is 0 Å². The molecule has 2 aliphatic rings. The zero-order chi connectivity index (χ0) is 100. The predicted octanol–water partition coefficient (Wildman–Crippen LogP) is 0.730. The minimum Gasteiger partial charge on any atom is -0.394 e. The lowest BCUT2D eigenvalue weighted by atomic mass is 9.85. The first-order valence-electron chi connectivity index (χ1n) is 47.3. The predicted molar refractivity (Wildman–Crippen MR) is 504 cm³/mol. The lowest BCUT2D eigenvalue weighted by molar-refractivity contribution is -0.143. The zero-order valence-electron chi connectivity index (χ0n) is 80.1. The smallest absolute Gasteiger partial charge is 0.243 e. The molecular weight excluding hydrogens is 1740 g/mol. The number of Topliss-reactive ketones (excluding diaryl/α,β-unsaturated/α-hetero) is 7. The maximum Gasteiger partial charge on any atom is 0.243 e. The summed E-state index contributed by atoms with van der Waals surface area (Å²) in [6, 6.07) is -2.70. The van der Waals surface area contributed by atoms with Gasteiger partial charge in [0.2, 0.25) is 99.7 Å². The molecule has 3 heterocycles.